The quantitative estimate of drug-likeness (QED) is 0.747. The molecule has 1 heterocycles. The van der Waals surface area contributed by atoms with Crippen LogP contribution in [-0.4, -0.2) is 23.9 Å². The van der Waals surface area contributed by atoms with Gasteiger partial charge < -0.3 is 4.90 Å². The van der Waals surface area contributed by atoms with Crippen molar-refractivity contribution in [1.82, 2.24) is 4.90 Å². The van der Waals surface area contributed by atoms with Crippen LogP contribution in [0.2, 0.25) is 0 Å². The molecule has 1 aliphatic heterocycles. The van der Waals surface area contributed by atoms with Crippen LogP contribution in [0.3, 0.4) is 0 Å². The second kappa shape index (κ2) is 3.17. The van der Waals surface area contributed by atoms with E-state index in [1.54, 1.807) is 0 Å². The summed E-state index contributed by atoms with van der Waals surface area (Å²) >= 11 is 0. The first-order chi connectivity index (χ1) is 7.97. The molecule has 2 nitrogen and oxygen atoms in total. The average Bonchev–Trinajstić information content (AvgIpc) is 2.11. The Morgan fingerprint density at radius 1 is 1.00 bits per heavy atom. The first-order valence-corrected chi connectivity index (χ1v) is 7.06. The molecule has 0 radical (unpaired) electrons. The zero-order valence-corrected chi connectivity index (χ0v) is 9.90. The van der Waals surface area contributed by atoms with E-state index in [1.165, 1.54) is 4.90 Å². The first kappa shape index (κ1) is 13.1. The molecule has 1 fully saturated rings. The molecule has 1 amide bonds. The fourth-order valence-corrected chi connectivity index (χ4v) is 2.21. The standard InChI is InChI=1S/C10H10F5NOS/c11-18(12,13,14,15)9-4-2-8(3-5-9)10(17)16-6-1-7-16/h2-5H,1,6-7H2. The zero-order valence-electron chi connectivity index (χ0n) is 9.08. The summed E-state index contributed by atoms with van der Waals surface area (Å²) in [4.78, 5) is 11.1. The van der Waals surface area contributed by atoms with Gasteiger partial charge in [-0.2, -0.15) is 0 Å². The number of nitrogens with zero attached hydrogens (tertiary/aromatic N) is 1. The number of likely N-dealkylation sites (tertiary alicyclic amines) is 1. The topological polar surface area (TPSA) is 20.3 Å². The average molecular weight is 287 g/mol. The number of halogens is 5. The second-order valence-corrected chi connectivity index (χ2v) is 6.55. The summed E-state index contributed by atoms with van der Waals surface area (Å²) in [5, 5.41) is 0. The van der Waals surface area contributed by atoms with Gasteiger partial charge >= 0.3 is 10.2 Å². The maximum atomic E-state index is 12.4. The van der Waals surface area contributed by atoms with Gasteiger partial charge in [-0.3, -0.25) is 4.79 Å². The van der Waals surface area contributed by atoms with Crippen LogP contribution >= 0.6 is 10.2 Å². The van der Waals surface area contributed by atoms with Crippen molar-refractivity contribution in [3.63, 3.8) is 0 Å². The van der Waals surface area contributed by atoms with Crippen LogP contribution in [0.1, 0.15) is 16.8 Å². The molecule has 18 heavy (non-hydrogen) atoms. The zero-order chi connectivity index (χ0) is 13.7. The first-order valence-electron chi connectivity index (χ1n) is 5.11. The number of rotatable bonds is 2. The number of hydrogen-bond acceptors (Lipinski definition) is 1. The Labute approximate surface area is 100 Å². The van der Waals surface area contributed by atoms with E-state index in [1.807, 2.05) is 0 Å². The summed E-state index contributed by atoms with van der Waals surface area (Å²) in [7, 11) is -9.64. The molecule has 1 saturated heterocycles. The van der Waals surface area contributed by atoms with Crippen molar-refractivity contribution in [3.8, 4) is 0 Å². The maximum absolute atomic E-state index is 12.4. The third kappa shape index (κ3) is 2.58. The highest BCUT2D eigenvalue weighted by molar-refractivity contribution is 8.45. The normalized spacial score (nSPS) is 19.7. The number of carbonyl (C=O) groups is 1. The molecule has 8 heteroatoms. The molecule has 1 aromatic rings. The number of carbonyl (C=O) groups excluding carboxylic acids is 1. The maximum Gasteiger partial charge on any atom is 0.310 e. The lowest BCUT2D eigenvalue weighted by atomic mass is 10.1. The lowest BCUT2D eigenvalue weighted by Crippen LogP contribution is -2.41. The van der Waals surface area contributed by atoms with E-state index >= 15 is 0 Å². The minimum absolute atomic E-state index is 0.0136. The van der Waals surface area contributed by atoms with E-state index < -0.39 is 21.0 Å². The van der Waals surface area contributed by atoms with Crippen molar-refractivity contribution < 1.29 is 24.2 Å². The van der Waals surface area contributed by atoms with Crippen molar-refractivity contribution in [2.45, 2.75) is 11.3 Å². The third-order valence-electron chi connectivity index (χ3n) is 2.69. The Balaban J connectivity index is 2.29. The predicted octanol–water partition coefficient (Wildman–Crippen LogP) is 4.19. The molecular weight excluding hydrogens is 277 g/mol. The van der Waals surface area contributed by atoms with Crippen LogP contribution in [0.15, 0.2) is 29.2 Å². The molecule has 0 saturated carbocycles. The van der Waals surface area contributed by atoms with Gasteiger partial charge in [0.05, 0.1) is 0 Å². The van der Waals surface area contributed by atoms with Crippen LogP contribution in [0, 0.1) is 0 Å². The highest BCUT2D eigenvalue weighted by atomic mass is 32.5. The van der Waals surface area contributed by atoms with Crippen LogP contribution in [-0.2, 0) is 0 Å². The smallest absolute Gasteiger partial charge is 0.310 e. The molecule has 0 unspecified atom stereocenters. The van der Waals surface area contributed by atoms with Gasteiger partial charge in [-0.05, 0) is 30.7 Å². The monoisotopic (exact) mass is 287 g/mol. The van der Waals surface area contributed by atoms with Gasteiger partial charge in [-0.1, -0.05) is 19.4 Å². The molecule has 102 valence electrons. The summed E-state index contributed by atoms with van der Waals surface area (Å²) in [6.07, 6.45) is 0.843. The molecule has 1 aliphatic rings. The summed E-state index contributed by atoms with van der Waals surface area (Å²) in [5.74, 6) is -0.435. The highest BCUT2D eigenvalue weighted by Gasteiger charge is 2.65. The number of amides is 1. The molecular formula is C10H10F5NOS. The molecule has 0 atom stereocenters. The van der Waals surface area contributed by atoms with Gasteiger partial charge in [0.1, 0.15) is 4.90 Å². The van der Waals surface area contributed by atoms with Crippen molar-refractivity contribution in [1.29, 1.82) is 0 Å². The summed E-state index contributed by atoms with van der Waals surface area (Å²) < 4.78 is 62.1. The predicted molar refractivity (Wildman–Crippen MR) is 58.4 cm³/mol. The molecule has 0 aliphatic carbocycles. The minimum Gasteiger partial charge on any atom is -0.339 e. The molecule has 1 aromatic carbocycles. The SMILES string of the molecule is O=C(c1ccc(S(F)(F)(F)(F)F)cc1)N1CCC1. The molecule has 0 aromatic heterocycles. The van der Waals surface area contributed by atoms with Crippen LogP contribution in [0.5, 0.6) is 0 Å². The van der Waals surface area contributed by atoms with Gasteiger partial charge in [0.15, 0.2) is 0 Å². The van der Waals surface area contributed by atoms with Crippen molar-refractivity contribution in [2.24, 2.45) is 0 Å². The van der Waals surface area contributed by atoms with Crippen molar-refractivity contribution in [2.75, 3.05) is 13.1 Å². The van der Waals surface area contributed by atoms with E-state index in [2.05, 4.69) is 0 Å². The van der Waals surface area contributed by atoms with Crippen LogP contribution < -0.4 is 0 Å². The van der Waals surface area contributed by atoms with Crippen LogP contribution in [0.4, 0.5) is 19.4 Å². The summed E-state index contributed by atoms with van der Waals surface area (Å²) in [6, 6.07) is 2.09. The third-order valence-corrected chi connectivity index (χ3v) is 3.85. The highest BCUT2D eigenvalue weighted by Crippen LogP contribution is 3.02. The lowest BCUT2D eigenvalue weighted by Gasteiger charge is -2.40. The van der Waals surface area contributed by atoms with Gasteiger partial charge in [-0.25, -0.2) is 0 Å². The van der Waals surface area contributed by atoms with E-state index in [0.717, 1.165) is 18.6 Å². The largest absolute Gasteiger partial charge is 0.339 e. The van der Waals surface area contributed by atoms with E-state index in [4.69, 9.17) is 0 Å². The molecule has 2 rings (SSSR count). The van der Waals surface area contributed by atoms with Gasteiger partial charge in [-0.15, -0.1) is 0 Å². The lowest BCUT2D eigenvalue weighted by molar-refractivity contribution is 0.0651. The fraction of sp³-hybridized carbons (Fsp3) is 0.300. The van der Waals surface area contributed by atoms with Gasteiger partial charge in [0.2, 0.25) is 0 Å². The molecule has 0 bridgehead atoms. The Kier molecular flexibility index (Phi) is 2.31. The number of benzene rings is 1. The number of hydrogen-bond donors (Lipinski definition) is 0. The van der Waals surface area contributed by atoms with Gasteiger partial charge in [0, 0.05) is 18.7 Å². The van der Waals surface area contributed by atoms with Gasteiger partial charge in [0.25, 0.3) is 5.91 Å². The summed E-state index contributed by atoms with van der Waals surface area (Å²) in [5.41, 5.74) is -0.0136. The Morgan fingerprint density at radius 3 is 1.83 bits per heavy atom. The molecule has 0 spiro atoms. The molecule has 0 N–H and O–H groups in total. The fourth-order valence-electron chi connectivity index (χ4n) is 1.56. The van der Waals surface area contributed by atoms with Crippen molar-refractivity contribution in [3.05, 3.63) is 29.8 Å². The Morgan fingerprint density at radius 2 is 1.50 bits per heavy atom. The van der Waals surface area contributed by atoms with E-state index in [0.29, 0.717) is 13.1 Å². The minimum atomic E-state index is -9.64. The Bertz CT molecular complexity index is 491. The second-order valence-electron chi connectivity index (χ2n) is 4.14. The van der Waals surface area contributed by atoms with Crippen LogP contribution in [0.25, 0.3) is 0 Å². The van der Waals surface area contributed by atoms with E-state index in [9.17, 15) is 24.2 Å². The van der Waals surface area contributed by atoms with Crippen molar-refractivity contribution >= 4 is 16.1 Å². The Hall–Kier alpha value is -1.31. The summed E-state index contributed by atoms with van der Waals surface area (Å²) in [6.45, 7) is 1.09. The van der Waals surface area contributed by atoms with E-state index in [-0.39, 0.29) is 17.7 Å².